The highest BCUT2D eigenvalue weighted by Crippen LogP contribution is 2.44. The van der Waals surface area contributed by atoms with Crippen molar-refractivity contribution in [3.05, 3.63) is 96.3 Å². The number of halogens is 2. The molecule has 0 bridgehead atoms. The Balaban J connectivity index is 1.19. The van der Waals surface area contributed by atoms with Crippen LogP contribution >= 0.6 is 11.9 Å². The van der Waals surface area contributed by atoms with E-state index in [1.807, 2.05) is 36.4 Å². The van der Waals surface area contributed by atoms with Gasteiger partial charge in [0, 0.05) is 35.9 Å². The first-order chi connectivity index (χ1) is 22.1. The van der Waals surface area contributed by atoms with Crippen molar-refractivity contribution in [3.8, 4) is 11.5 Å². The molecule has 1 saturated heterocycles. The number of alkyl halides is 2. The highest BCUT2D eigenvalue weighted by Gasteiger charge is 2.51. The van der Waals surface area contributed by atoms with E-state index in [-0.39, 0.29) is 28.9 Å². The van der Waals surface area contributed by atoms with Crippen LogP contribution in [-0.2, 0) is 15.5 Å². The first-order valence-corrected chi connectivity index (χ1v) is 17.1. The van der Waals surface area contributed by atoms with Crippen molar-refractivity contribution in [2.24, 2.45) is 11.7 Å². The van der Waals surface area contributed by atoms with Crippen LogP contribution in [0.25, 0.3) is 0 Å². The third-order valence-corrected chi connectivity index (χ3v) is 10.6. The molecule has 2 aromatic rings. The molecule has 4 aliphatic rings. The number of likely N-dealkylation sites (N-methyl/N-ethyl adjacent to an activating group) is 1. The summed E-state index contributed by atoms with van der Waals surface area (Å²) < 4.78 is 46.4. The van der Waals surface area contributed by atoms with Crippen LogP contribution in [0, 0.1) is 5.92 Å². The Morgan fingerprint density at radius 3 is 2.41 bits per heavy atom. The van der Waals surface area contributed by atoms with E-state index in [4.69, 9.17) is 15.2 Å². The number of hydrogen-bond acceptors (Lipinski definition) is 7. The Bertz CT molecular complexity index is 1440. The van der Waals surface area contributed by atoms with E-state index in [1.54, 1.807) is 31.3 Å². The second kappa shape index (κ2) is 13.9. The number of benzene rings is 2. The van der Waals surface area contributed by atoms with Gasteiger partial charge in [-0.05, 0) is 101 Å². The number of hydrogen-bond donors (Lipinski definition) is 2. The van der Waals surface area contributed by atoms with Crippen LogP contribution < -0.4 is 10.5 Å². The van der Waals surface area contributed by atoms with Gasteiger partial charge in [-0.25, -0.2) is 4.31 Å². The second-order valence-electron chi connectivity index (χ2n) is 12.8. The van der Waals surface area contributed by atoms with Gasteiger partial charge < -0.3 is 25.2 Å². The van der Waals surface area contributed by atoms with E-state index < -0.39 is 23.5 Å². The van der Waals surface area contributed by atoms with Gasteiger partial charge in [-0.2, -0.15) is 8.78 Å². The number of allylic oxidation sites excluding steroid dienone is 1. The van der Waals surface area contributed by atoms with Crippen LogP contribution in [0.15, 0.2) is 90.7 Å². The van der Waals surface area contributed by atoms with E-state index in [0.29, 0.717) is 49.6 Å². The zero-order valence-electron chi connectivity index (χ0n) is 26.1. The maximum atomic E-state index is 16.5. The Hall–Kier alpha value is -3.18. The first kappa shape index (κ1) is 32.7. The SMILES string of the molecule is CN(SC1C=C[C@@]2(O)C=C(OC3CCCC3)C=CC2C1)[C@H](C(=O)N1CCC(N)CC1)C(F)(F)c1ccc(Oc2ccccc2)cc1. The molecule has 2 aromatic carbocycles. The number of nitrogens with zero attached hydrogens (tertiary/aromatic N) is 2. The molecule has 1 saturated carbocycles. The van der Waals surface area contributed by atoms with Gasteiger partial charge in [0.1, 0.15) is 22.9 Å². The number of amides is 1. The minimum absolute atomic E-state index is 0.0416. The number of nitrogens with two attached hydrogens (primary N) is 1. The molecular weight excluding hydrogens is 608 g/mol. The summed E-state index contributed by atoms with van der Waals surface area (Å²) in [6, 6.07) is 13.0. The van der Waals surface area contributed by atoms with Gasteiger partial charge in [-0.3, -0.25) is 4.79 Å². The predicted octanol–water partition coefficient (Wildman–Crippen LogP) is 6.56. The van der Waals surface area contributed by atoms with Gasteiger partial charge in [0.2, 0.25) is 5.91 Å². The monoisotopic (exact) mass is 651 g/mol. The molecule has 46 heavy (non-hydrogen) atoms. The number of carbonyl (C=O) groups excluding carboxylic acids is 1. The Labute approximate surface area is 274 Å². The maximum absolute atomic E-state index is 16.5. The summed E-state index contributed by atoms with van der Waals surface area (Å²) in [6.07, 6.45) is 15.4. The average molecular weight is 652 g/mol. The Morgan fingerprint density at radius 2 is 1.72 bits per heavy atom. The highest BCUT2D eigenvalue weighted by molar-refractivity contribution is 7.97. The number of fused-ring (bicyclic) bond motifs is 1. The van der Waals surface area contributed by atoms with Gasteiger partial charge in [0.05, 0.1) is 6.10 Å². The molecule has 1 aliphatic heterocycles. The lowest BCUT2D eigenvalue weighted by Gasteiger charge is -2.41. The van der Waals surface area contributed by atoms with Crippen molar-refractivity contribution >= 4 is 17.9 Å². The number of likely N-dealkylation sites (tertiary alicyclic amines) is 1. The topological polar surface area (TPSA) is 88.3 Å². The lowest BCUT2D eigenvalue weighted by Crippen LogP contribution is -2.56. The van der Waals surface area contributed by atoms with Crippen LogP contribution in [0.4, 0.5) is 8.78 Å². The summed E-state index contributed by atoms with van der Waals surface area (Å²) in [6.45, 7) is 0.686. The quantitative estimate of drug-likeness (QED) is 0.222. The Kier molecular flexibility index (Phi) is 9.89. The molecule has 7 nitrogen and oxygen atoms in total. The summed E-state index contributed by atoms with van der Waals surface area (Å²) >= 11 is 1.20. The van der Waals surface area contributed by atoms with Crippen LogP contribution in [0.5, 0.6) is 11.5 Å². The minimum atomic E-state index is -3.51. The van der Waals surface area contributed by atoms with E-state index >= 15 is 8.78 Å². The molecule has 1 heterocycles. The van der Waals surface area contributed by atoms with Crippen molar-refractivity contribution in [1.29, 1.82) is 0 Å². The van der Waals surface area contributed by atoms with Crippen molar-refractivity contribution in [2.75, 3.05) is 20.1 Å². The average Bonchev–Trinajstić information content (AvgIpc) is 3.55. The summed E-state index contributed by atoms with van der Waals surface area (Å²) in [5.74, 6) is -2.68. The molecule has 4 atom stereocenters. The van der Waals surface area contributed by atoms with Crippen molar-refractivity contribution in [3.63, 3.8) is 0 Å². The zero-order chi connectivity index (χ0) is 32.3. The molecule has 2 fully saturated rings. The molecule has 0 aromatic heterocycles. The third-order valence-electron chi connectivity index (χ3n) is 9.44. The molecular formula is C36H43F2N3O4S. The smallest absolute Gasteiger partial charge is 0.298 e. The van der Waals surface area contributed by atoms with Crippen LogP contribution in [0.3, 0.4) is 0 Å². The molecule has 1 amide bonds. The minimum Gasteiger partial charge on any atom is -0.491 e. The number of para-hydroxylation sites is 1. The number of aliphatic hydroxyl groups is 1. The predicted molar refractivity (Wildman–Crippen MR) is 176 cm³/mol. The molecule has 2 unspecified atom stereocenters. The van der Waals surface area contributed by atoms with E-state index in [1.165, 1.54) is 45.4 Å². The normalized spacial score (nSPS) is 26.1. The fraction of sp³-hybridized carbons (Fsp3) is 0.472. The standard InChI is InChI=1S/C36H43F2N3O4S/c1-40(46-32-17-20-35(43)24-31(16-13-26(35)23-32)45-29-9-5-6-10-29)33(34(42)41-21-18-27(39)19-22-41)36(37,38)25-11-14-30(15-12-25)44-28-7-3-2-4-8-28/h2-4,7-8,11-17,20,24,26-27,29,32-33,43H,5-6,9-10,18-19,21-23,39H2,1H3/t26?,32?,33-,35-/m1/s1. The summed E-state index contributed by atoms with van der Waals surface area (Å²) in [7, 11) is 1.56. The molecule has 0 spiro atoms. The molecule has 246 valence electrons. The van der Waals surface area contributed by atoms with Crippen molar-refractivity contribution in [1.82, 2.24) is 9.21 Å². The number of piperidine rings is 1. The van der Waals surface area contributed by atoms with Crippen molar-refractivity contribution in [2.45, 2.75) is 79.9 Å². The van der Waals surface area contributed by atoms with Gasteiger partial charge in [-0.15, -0.1) is 0 Å². The van der Waals surface area contributed by atoms with Gasteiger partial charge in [-0.1, -0.05) is 48.4 Å². The lowest BCUT2D eigenvalue weighted by atomic mass is 9.77. The third kappa shape index (κ3) is 7.35. The fourth-order valence-electron chi connectivity index (χ4n) is 6.76. The van der Waals surface area contributed by atoms with Crippen LogP contribution in [-0.4, -0.2) is 69.4 Å². The molecule has 3 aliphatic carbocycles. The molecule has 6 rings (SSSR count). The molecule has 3 N–H and O–H groups in total. The number of ether oxygens (including phenoxy) is 2. The summed E-state index contributed by atoms with van der Waals surface area (Å²) in [5.41, 5.74) is 4.59. The maximum Gasteiger partial charge on any atom is 0.298 e. The van der Waals surface area contributed by atoms with Gasteiger partial charge in [0.15, 0.2) is 6.04 Å². The van der Waals surface area contributed by atoms with E-state index in [2.05, 4.69) is 0 Å². The zero-order valence-corrected chi connectivity index (χ0v) is 27.0. The largest absolute Gasteiger partial charge is 0.491 e. The van der Waals surface area contributed by atoms with Crippen LogP contribution in [0.1, 0.15) is 50.5 Å². The Morgan fingerprint density at radius 1 is 1.04 bits per heavy atom. The summed E-state index contributed by atoms with van der Waals surface area (Å²) in [5, 5.41) is 11.2. The lowest BCUT2D eigenvalue weighted by molar-refractivity contribution is -0.151. The summed E-state index contributed by atoms with van der Waals surface area (Å²) in [4.78, 5) is 15.4. The van der Waals surface area contributed by atoms with Gasteiger partial charge in [0.25, 0.3) is 5.92 Å². The fourth-order valence-corrected chi connectivity index (χ4v) is 7.98. The van der Waals surface area contributed by atoms with Gasteiger partial charge >= 0.3 is 0 Å². The molecule has 0 radical (unpaired) electrons. The number of carbonyl (C=O) groups is 1. The van der Waals surface area contributed by atoms with Crippen molar-refractivity contribution < 1.29 is 28.2 Å². The first-order valence-electron chi connectivity index (χ1n) is 16.3. The number of rotatable bonds is 10. The van der Waals surface area contributed by atoms with E-state index in [9.17, 15) is 9.90 Å². The van der Waals surface area contributed by atoms with E-state index in [0.717, 1.165) is 25.7 Å². The second-order valence-corrected chi connectivity index (χ2v) is 14.2. The highest BCUT2D eigenvalue weighted by atomic mass is 32.2. The molecule has 10 heteroatoms. The van der Waals surface area contributed by atoms with Crippen LogP contribution in [0.2, 0.25) is 0 Å².